The summed E-state index contributed by atoms with van der Waals surface area (Å²) in [6.07, 6.45) is 1.96. The quantitative estimate of drug-likeness (QED) is 0.507. The molecule has 0 fully saturated rings. The van der Waals surface area contributed by atoms with E-state index in [1.54, 1.807) is 0 Å². The minimum absolute atomic E-state index is 0.0448. The monoisotopic (exact) mass is 367 g/mol. The first-order chi connectivity index (χ1) is 13.1. The van der Waals surface area contributed by atoms with E-state index in [-0.39, 0.29) is 30.8 Å². The van der Waals surface area contributed by atoms with Crippen molar-refractivity contribution in [2.75, 3.05) is 6.54 Å². The van der Waals surface area contributed by atoms with E-state index in [1.807, 2.05) is 62.4 Å². The third-order valence-corrected chi connectivity index (χ3v) is 4.54. The van der Waals surface area contributed by atoms with Crippen LogP contribution in [0, 0.1) is 11.8 Å². The molecule has 1 atom stereocenters. The predicted molar refractivity (Wildman–Crippen MR) is 107 cm³/mol. The second-order valence-electron chi connectivity index (χ2n) is 7.09. The maximum absolute atomic E-state index is 12.4. The van der Waals surface area contributed by atoms with Crippen molar-refractivity contribution in [3.63, 3.8) is 0 Å². The van der Waals surface area contributed by atoms with Gasteiger partial charge in [-0.05, 0) is 29.9 Å². The van der Waals surface area contributed by atoms with E-state index in [2.05, 4.69) is 17.4 Å². The van der Waals surface area contributed by atoms with Gasteiger partial charge in [-0.15, -0.1) is 0 Å². The van der Waals surface area contributed by atoms with Gasteiger partial charge in [0.2, 0.25) is 5.91 Å². The molecule has 0 spiro atoms. The number of carbonyl (C=O) groups excluding carboxylic acids is 2. The van der Waals surface area contributed by atoms with E-state index in [0.29, 0.717) is 6.54 Å². The number of esters is 1. The molecular formula is C23H29NO3. The van der Waals surface area contributed by atoms with Gasteiger partial charge in [0, 0.05) is 13.0 Å². The summed E-state index contributed by atoms with van der Waals surface area (Å²) in [7, 11) is 0. The van der Waals surface area contributed by atoms with Gasteiger partial charge in [-0.1, -0.05) is 74.5 Å². The summed E-state index contributed by atoms with van der Waals surface area (Å²) in [4.78, 5) is 24.6. The summed E-state index contributed by atoms with van der Waals surface area (Å²) in [5.41, 5.74) is 2.20. The minimum Gasteiger partial charge on any atom is -0.461 e. The SMILES string of the molecule is CC(C)[C@H](CC(=O)NCCCc1ccccc1)C(=O)OCc1ccccc1. The van der Waals surface area contributed by atoms with Gasteiger partial charge in [0.15, 0.2) is 0 Å². The Morgan fingerprint density at radius 2 is 1.52 bits per heavy atom. The fourth-order valence-corrected chi connectivity index (χ4v) is 2.86. The number of aryl methyl sites for hydroxylation is 1. The number of nitrogens with one attached hydrogen (secondary N) is 1. The third kappa shape index (κ3) is 7.65. The van der Waals surface area contributed by atoms with Gasteiger partial charge in [0.25, 0.3) is 0 Å². The Hall–Kier alpha value is -2.62. The summed E-state index contributed by atoms with van der Waals surface area (Å²) in [6, 6.07) is 19.8. The van der Waals surface area contributed by atoms with Crippen LogP contribution < -0.4 is 5.32 Å². The van der Waals surface area contributed by atoms with E-state index in [4.69, 9.17) is 4.74 Å². The Bertz CT molecular complexity index is 698. The molecule has 1 N–H and O–H groups in total. The molecule has 0 aliphatic heterocycles. The van der Waals surface area contributed by atoms with Gasteiger partial charge in [-0.25, -0.2) is 0 Å². The van der Waals surface area contributed by atoms with Crippen molar-refractivity contribution in [1.29, 1.82) is 0 Å². The molecule has 4 heteroatoms. The van der Waals surface area contributed by atoms with Crippen LogP contribution >= 0.6 is 0 Å². The van der Waals surface area contributed by atoms with Gasteiger partial charge >= 0.3 is 5.97 Å². The molecule has 0 aliphatic rings. The standard InChI is InChI=1S/C23H29NO3/c1-18(2)21(23(26)27-17-20-12-7-4-8-13-20)16-22(25)24-15-9-14-19-10-5-3-6-11-19/h3-8,10-13,18,21H,9,14-17H2,1-2H3,(H,24,25)/t21-/m0/s1. The molecule has 2 aromatic carbocycles. The van der Waals surface area contributed by atoms with E-state index < -0.39 is 5.92 Å². The van der Waals surface area contributed by atoms with Gasteiger partial charge in [-0.2, -0.15) is 0 Å². The molecule has 27 heavy (non-hydrogen) atoms. The molecule has 2 rings (SSSR count). The number of amides is 1. The number of carbonyl (C=O) groups is 2. The van der Waals surface area contributed by atoms with Crippen molar-refractivity contribution in [1.82, 2.24) is 5.32 Å². The average molecular weight is 367 g/mol. The number of hydrogen-bond acceptors (Lipinski definition) is 3. The Balaban J connectivity index is 1.73. The molecule has 0 aliphatic carbocycles. The molecule has 0 aromatic heterocycles. The van der Waals surface area contributed by atoms with Crippen molar-refractivity contribution in [3.8, 4) is 0 Å². The van der Waals surface area contributed by atoms with E-state index in [0.717, 1.165) is 18.4 Å². The van der Waals surface area contributed by atoms with Crippen molar-refractivity contribution >= 4 is 11.9 Å². The Kier molecular flexibility index (Phi) is 8.56. The van der Waals surface area contributed by atoms with E-state index in [9.17, 15) is 9.59 Å². The lowest BCUT2D eigenvalue weighted by atomic mass is 9.92. The smallest absolute Gasteiger partial charge is 0.310 e. The highest BCUT2D eigenvalue weighted by molar-refractivity contribution is 5.83. The summed E-state index contributed by atoms with van der Waals surface area (Å²) >= 11 is 0. The highest BCUT2D eigenvalue weighted by Gasteiger charge is 2.26. The van der Waals surface area contributed by atoms with Crippen LogP contribution in [0.15, 0.2) is 60.7 Å². The lowest BCUT2D eigenvalue weighted by Gasteiger charge is -2.19. The first kappa shape index (κ1) is 20.7. The number of rotatable bonds is 10. The fraction of sp³-hybridized carbons (Fsp3) is 0.391. The summed E-state index contributed by atoms with van der Waals surface area (Å²) < 4.78 is 5.42. The first-order valence-corrected chi connectivity index (χ1v) is 9.57. The molecule has 2 aromatic rings. The zero-order valence-electron chi connectivity index (χ0n) is 16.2. The van der Waals surface area contributed by atoms with Crippen LogP contribution in [-0.4, -0.2) is 18.4 Å². The maximum atomic E-state index is 12.4. The second-order valence-corrected chi connectivity index (χ2v) is 7.09. The van der Waals surface area contributed by atoms with Gasteiger partial charge in [0.1, 0.15) is 6.61 Å². The molecule has 1 amide bonds. The maximum Gasteiger partial charge on any atom is 0.310 e. The van der Waals surface area contributed by atoms with Crippen LogP contribution in [-0.2, 0) is 27.4 Å². The van der Waals surface area contributed by atoms with Crippen LogP contribution in [0.4, 0.5) is 0 Å². The lowest BCUT2D eigenvalue weighted by Crippen LogP contribution is -2.32. The van der Waals surface area contributed by atoms with E-state index >= 15 is 0 Å². The predicted octanol–water partition coefficient (Wildman–Crippen LogP) is 4.14. The molecule has 144 valence electrons. The number of ether oxygens (including phenoxy) is 1. The summed E-state index contributed by atoms with van der Waals surface area (Å²) in [6.45, 7) is 4.73. The number of hydrogen-bond donors (Lipinski definition) is 1. The number of benzene rings is 2. The summed E-state index contributed by atoms with van der Waals surface area (Å²) in [5.74, 6) is -0.794. The first-order valence-electron chi connectivity index (χ1n) is 9.57. The highest BCUT2D eigenvalue weighted by atomic mass is 16.5. The highest BCUT2D eigenvalue weighted by Crippen LogP contribution is 2.18. The molecule has 0 bridgehead atoms. The zero-order chi connectivity index (χ0) is 19.5. The summed E-state index contributed by atoms with van der Waals surface area (Å²) in [5, 5.41) is 2.92. The topological polar surface area (TPSA) is 55.4 Å². The molecule has 0 saturated carbocycles. The van der Waals surface area contributed by atoms with E-state index in [1.165, 1.54) is 5.56 Å². The Labute approximate surface area is 161 Å². The average Bonchev–Trinajstić information content (AvgIpc) is 2.69. The second kappa shape index (κ2) is 11.2. The molecule has 0 saturated heterocycles. The van der Waals surface area contributed by atoms with Gasteiger partial charge < -0.3 is 10.1 Å². The van der Waals surface area contributed by atoms with Crippen LogP contribution in [0.1, 0.15) is 37.8 Å². The Morgan fingerprint density at radius 3 is 2.11 bits per heavy atom. The lowest BCUT2D eigenvalue weighted by molar-refractivity contribution is -0.153. The van der Waals surface area contributed by atoms with Crippen LogP contribution in [0.2, 0.25) is 0 Å². The third-order valence-electron chi connectivity index (χ3n) is 4.54. The molecular weight excluding hydrogens is 338 g/mol. The van der Waals surface area contributed by atoms with Gasteiger partial charge in [-0.3, -0.25) is 9.59 Å². The molecule has 0 heterocycles. The molecule has 4 nitrogen and oxygen atoms in total. The van der Waals surface area contributed by atoms with Crippen molar-refractivity contribution in [3.05, 3.63) is 71.8 Å². The van der Waals surface area contributed by atoms with Crippen LogP contribution in [0.5, 0.6) is 0 Å². The molecule has 0 unspecified atom stereocenters. The van der Waals surface area contributed by atoms with Gasteiger partial charge in [0.05, 0.1) is 5.92 Å². The van der Waals surface area contributed by atoms with Crippen molar-refractivity contribution < 1.29 is 14.3 Å². The van der Waals surface area contributed by atoms with Crippen LogP contribution in [0.25, 0.3) is 0 Å². The van der Waals surface area contributed by atoms with Crippen LogP contribution in [0.3, 0.4) is 0 Å². The fourth-order valence-electron chi connectivity index (χ4n) is 2.86. The largest absolute Gasteiger partial charge is 0.461 e. The van der Waals surface area contributed by atoms with Crippen molar-refractivity contribution in [2.24, 2.45) is 11.8 Å². The minimum atomic E-state index is -0.428. The zero-order valence-corrected chi connectivity index (χ0v) is 16.2. The van der Waals surface area contributed by atoms with Crippen molar-refractivity contribution in [2.45, 2.75) is 39.7 Å². The molecule has 0 radical (unpaired) electrons. The Morgan fingerprint density at radius 1 is 0.926 bits per heavy atom. The normalized spacial score (nSPS) is 11.8.